The summed E-state index contributed by atoms with van der Waals surface area (Å²) in [6, 6.07) is 27.0. The number of hydrogen-bond donors (Lipinski definition) is 2. The summed E-state index contributed by atoms with van der Waals surface area (Å²) >= 11 is 0. The van der Waals surface area contributed by atoms with Gasteiger partial charge < -0.3 is 20.1 Å². The van der Waals surface area contributed by atoms with Crippen LogP contribution < -0.4 is 5.32 Å². The summed E-state index contributed by atoms with van der Waals surface area (Å²) in [5, 5.41) is 13.5. The quantitative estimate of drug-likeness (QED) is 0.539. The topological polar surface area (TPSA) is 78.9 Å². The minimum Gasteiger partial charge on any atom is -0.438 e. The molecule has 0 aromatic heterocycles. The van der Waals surface area contributed by atoms with Crippen molar-refractivity contribution in [1.29, 1.82) is 0 Å². The number of aryl methyl sites for hydroxylation is 1. The lowest BCUT2D eigenvalue weighted by Crippen LogP contribution is -2.49. The zero-order valence-corrected chi connectivity index (χ0v) is 20.3. The second-order valence-electron chi connectivity index (χ2n) is 9.71. The van der Waals surface area contributed by atoms with Crippen molar-refractivity contribution >= 4 is 12.0 Å². The van der Waals surface area contributed by atoms with E-state index in [0.717, 1.165) is 22.3 Å². The van der Waals surface area contributed by atoms with E-state index in [2.05, 4.69) is 5.32 Å². The first-order chi connectivity index (χ1) is 17.5. The predicted octanol–water partition coefficient (Wildman–Crippen LogP) is 4.52. The van der Waals surface area contributed by atoms with Crippen LogP contribution in [0.25, 0.3) is 0 Å². The van der Waals surface area contributed by atoms with E-state index < -0.39 is 23.8 Å². The molecule has 1 aliphatic heterocycles. The Morgan fingerprint density at radius 3 is 2.28 bits per heavy atom. The Labute approximate surface area is 211 Å². The monoisotopic (exact) mass is 484 g/mol. The van der Waals surface area contributed by atoms with E-state index >= 15 is 0 Å². The highest BCUT2D eigenvalue weighted by atomic mass is 16.6. The first kappa shape index (κ1) is 24.1. The van der Waals surface area contributed by atoms with Gasteiger partial charge in [0.1, 0.15) is 5.60 Å². The number of fused-ring (bicyclic) bond motifs is 1. The molecule has 186 valence electrons. The lowest BCUT2D eigenvalue weighted by molar-refractivity contribution is -0.135. The molecule has 3 aromatic carbocycles. The molecule has 2 unspecified atom stereocenters. The smallest absolute Gasteiger partial charge is 0.408 e. The average Bonchev–Trinajstić information content (AvgIpc) is 3.23. The summed E-state index contributed by atoms with van der Waals surface area (Å²) in [4.78, 5) is 27.9. The van der Waals surface area contributed by atoms with Crippen LogP contribution in [0.3, 0.4) is 0 Å². The molecule has 0 radical (unpaired) electrons. The van der Waals surface area contributed by atoms with E-state index in [1.807, 2.05) is 89.8 Å². The molecular weight excluding hydrogens is 452 g/mol. The van der Waals surface area contributed by atoms with Crippen molar-refractivity contribution in [2.45, 2.75) is 49.9 Å². The van der Waals surface area contributed by atoms with Gasteiger partial charge in [0.15, 0.2) is 0 Å². The molecule has 36 heavy (non-hydrogen) atoms. The minimum atomic E-state index is -0.829. The summed E-state index contributed by atoms with van der Waals surface area (Å²) in [7, 11) is 0. The molecule has 2 N–H and O–H groups in total. The van der Waals surface area contributed by atoms with Gasteiger partial charge in [-0.2, -0.15) is 0 Å². The third-order valence-electron chi connectivity index (χ3n) is 7.46. The first-order valence-corrected chi connectivity index (χ1v) is 12.7. The van der Waals surface area contributed by atoms with E-state index in [1.54, 1.807) is 0 Å². The standard InChI is InChI=1S/C30H32N2O4/c33-26-21-23-11-7-8-14-25(23)28(26)31-29(35)36-30(24-12-5-2-6-13-24)17-19-32(20-18-30)27(34)16-15-22-9-3-1-4-10-22/h1-14,26,28,33H,15-21H2,(H,31,35). The number of alkyl carbamates (subject to hydrolysis) is 1. The number of rotatable bonds is 6. The maximum absolute atomic E-state index is 13.2. The van der Waals surface area contributed by atoms with E-state index in [4.69, 9.17) is 4.74 Å². The Bertz CT molecular complexity index is 1190. The molecule has 2 aliphatic rings. The summed E-state index contributed by atoms with van der Waals surface area (Å²) in [6.45, 7) is 1.04. The number of carbonyl (C=O) groups excluding carboxylic acids is 2. The van der Waals surface area contributed by atoms with Gasteiger partial charge in [0.2, 0.25) is 5.91 Å². The maximum Gasteiger partial charge on any atom is 0.408 e. The van der Waals surface area contributed by atoms with Crippen molar-refractivity contribution in [3.05, 3.63) is 107 Å². The highest BCUT2D eigenvalue weighted by Gasteiger charge is 2.42. The molecular formula is C30H32N2O4. The molecule has 0 bridgehead atoms. The van der Waals surface area contributed by atoms with Crippen molar-refractivity contribution in [3.8, 4) is 0 Å². The lowest BCUT2D eigenvalue weighted by atomic mass is 9.84. The van der Waals surface area contributed by atoms with Crippen LogP contribution in [0.2, 0.25) is 0 Å². The molecule has 1 aliphatic carbocycles. The maximum atomic E-state index is 13.2. The summed E-state index contributed by atoms with van der Waals surface area (Å²) in [5.74, 6) is 0.121. The molecule has 5 rings (SSSR count). The number of benzene rings is 3. The van der Waals surface area contributed by atoms with Crippen LogP contribution in [-0.4, -0.2) is 41.2 Å². The van der Waals surface area contributed by atoms with Crippen LogP contribution in [0.15, 0.2) is 84.9 Å². The number of nitrogens with zero attached hydrogens (tertiary/aromatic N) is 1. The van der Waals surface area contributed by atoms with Crippen LogP contribution in [0, 0.1) is 0 Å². The zero-order valence-electron chi connectivity index (χ0n) is 20.3. The Hall–Kier alpha value is -3.64. The zero-order chi connectivity index (χ0) is 25.0. The summed E-state index contributed by atoms with van der Waals surface area (Å²) in [6.07, 6.45) is 1.48. The van der Waals surface area contributed by atoms with Gasteiger partial charge in [0.25, 0.3) is 0 Å². The van der Waals surface area contributed by atoms with Gasteiger partial charge in [-0.05, 0) is 28.7 Å². The Balaban J connectivity index is 1.25. The molecule has 1 fully saturated rings. The van der Waals surface area contributed by atoms with E-state index in [-0.39, 0.29) is 5.91 Å². The van der Waals surface area contributed by atoms with Crippen molar-refractivity contribution in [3.63, 3.8) is 0 Å². The molecule has 2 atom stereocenters. The molecule has 1 saturated heterocycles. The van der Waals surface area contributed by atoms with E-state index in [1.165, 1.54) is 0 Å². The largest absolute Gasteiger partial charge is 0.438 e. The Kier molecular flexibility index (Phi) is 7.05. The first-order valence-electron chi connectivity index (χ1n) is 12.7. The average molecular weight is 485 g/mol. The Morgan fingerprint density at radius 2 is 1.56 bits per heavy atom. The Morgan fingerprint density at radius 1 is 0.917 bits per heavy atom. The molecule has 2 amide bonds. The van der Waals surface area contributed by atoms with Gasteiger partial charge in [-0.3, -0.25) is 4.79 Å². The SMILES string of the molecule is O=C(NC1c2ccccc2CC1O)OC1(c2ccccc2)CCN(C(=O)CCc2ccccc2)CC1. The summed E-state index contributed by atoms with van der Waals surface area (Å²) < 4.78 is 6.15. The molecule has 3 aromatic rings. The van der Waals surface area contributed by atoms with Gasteiger partial charge in [-0.1, -0.05) is 84.9 Å². The number of aliphatic hydroxyl groups excluding tert-OH is 1. The molecule has 1 heterocycles. The second-order valence-corrected chi connectivity index (χ2v) is 9.71. The molecule has 6 heteroatoms. The minimum absolute atomic E-state index is 0.121. The number of piperidine rings is 1. The number of hydrogen-bond acceptors (Lipinski definition) is 4. The molecule has 0 spiro atoms. The van der Waals surface area contributed by atoms with Crippen LogP contribution in [0.4, 0.5) is 4.79 Å². The van der Waals surface area contributed by atoms with Crippen LogP contribution in [0.5, 0.6) is 0 Å². The predicted molar refractivity (Wildman–Crippen MR) is 137 cm³/mol. The van der Waals surface area contributed by atoms with Crippen LogP contribution in [0.1, 0.15) is 47.6 Å². The highest BCUT2D eigenvalue weighted by molar-refractivity contribution is 5.76. The number of nitrogens with one attached hydrogen (secondary N) is 1. The number of carbonyl (C=O) groups is 2. The van der Waals surface area contributed by atoms with Crippen LogP contribution >= 0.6 is 0 Å². The molecule has 6 nitrogen and oxygen atoms in total. The lowest BCUT2D eigenvalue weighted by Gasteiger charge is -2.41. The van der Waals surface area contributed by atoms with Gasteiger partial charge in [-0.15, -0.1) is 0 Å². The van der Waals surface area contributed by atoms with Gasteiger partial charge >= 0.3 is 6.09 Å². The number of ether oxygens (including phenoxy) is 1. The number of likely N-dealkylation sites (tertiary alicyclic amines) is 1. The number of aliphatic hydroxyl groups is 1. The van der Waals surface area contributed by atoms with Gasteiger partial charge in [0.05, 0.1) is 12.1 Å². The fourth-order valence-electron chi connectivity index (χ4n) is 5.44. The fraction of sp³-hybridized carbons (Fsp3) is 0.333. The van der Waals surface area contributed by atoms with Gasteiger partial charge in [0, 0.05) is 38.8 Å². The van der Waals surface area contributed by atoms with Gasteiger partial charge in [-0.25, -0.2) is 4.79 Å². The third-order valence-corrected chi connectivity index (χ3v) is 7.46. The van der Waals surface area contributed by atoms with Crippen LogP contribution in [-0.2, 0) is 28.0 Å². The van der Waals surface area contributed by atoms with Crippen molar-refractivity contribution in [2.75, 3.05) is 13.1 Å². The van der Waals surface area contributed by atoms with E-state index in [9.17, 15) is 14.7 Å². The fourth-order valence-corrected chi connectivity index (χ4v) is 5.44. The van der Waals surface area contributed by atoms with Crippen molar-refractivity contribution in [2.24, 2.45) is 0 Å². The normalized spacial score (nSPS) is 20.4. The van der Waals surface area contributed by atoms with Crippen molar-refractivity contribution in [1.82, 2.24) is 10.2 Å². The third kappa shape index (κ3) is 5.14. The second kappa shape index (κ2) is 10.5. The highest BCUT2D eigenvalue weighted by Crippen LogP contribution is 2.38. The van der Waals surface area contributed by atoms with Crippen molar-refractivity contribution < 1.29 is 19.4 Å². The summed E-state index contributed by atoms with van der Waals surface area (Å²) in [5.41, 5.74) is 3.20. The molecule has 0 saturated carbocycles. The van der Waals surface area contributed by atoms with E-state index in [0.29, 0.717) is 45.2 Å². The number of amides is 2.